The van der Waals surface area contributed by atoms with Crippen LogP contribution in [-0.2, 0) is 0 Å². The van der Waals surface area contributed by atoms with E-state index in [9.17, 15) is 0 Å². The molecule has 2 heteroatoms. The van der Waals surface area contributed by atoms with Crippen LogP contribution in [0.1, 0.15) is 19.4 Å². The second-order valence-electron chi connectivity index (χ2n) is 3.50. The summed E-state index contributed by atoms with van der Waals surface area (Å²) in [6.45, 7) is 8.12. The van der Waals surface area contributed by atoms with Crippen LogP contribution in [0, 0.1) is 6.92 Å². The summed E-state index contributed by atoms with van der Waals surface area (Å²) in [5.74, 6) is 0.984. The average Bonchev–Trinajstić information content (AvgIpc) is 2.18. The molecule has 1 rings (SSSR count). The molecule has 0 aliphatic rings. The second kappa shape index (κ2) is 5.66. The number of benzene rings is 1. The van der Waals surface area contributed by atoms with Crippen molar-refractivity contribution >= 4 is 0 Å². The highest BCUT2D eigenvalue weighted by molar-refractivity contribution is 5.31. The summed E-state index contributed by atoms with van der Waals surface area (Å²) in [4.78, 5) is 0. The van der Waals surface area contributed by atoms with Crippen LogP contribution in [0.5, 0.6) is 5.75 Å². The second-order valence-corrected chi connectivity index (χ2v) is 3.50. The molecule has 0 radical (unpaired) electrons. The fourth-order valence-corrected chi connectivity index (χ4v) is 1.29. The predicted molar refractivity (Wildman–Crippen MR) is 59.8 cm³/mol. The SMILES string of the molecule is CCNCC(C)Oc1ccccc1C. The van der Waals surface area contributed by atoms with Gasteiger partial charge in [-0.1, -0.05) is 25.1 Å². The standard InChI is InChI=1S/C12H19NO/c1-4-13-9-11(3)14-12-8-6-5-7-10(12)2/h5-8,11,13H,4,9H2,1-3H3. The quantitative estimate of drug-likeness (QED) is 0.775. The third-order valence-electron chi connectivity index (χ3n) is 2.10. The lowest BCUT2D eigenvalue weighted by Crippen LogP contribution is -2.28. The Bertz CT molecular complexity index is 273. The smallest absolute Gasteiger partial charge is 0.122 e. The lowest BCUT2D eigenvalue weighted by molar-refractivity contribution is 0.217. The Morgan fingerprint density at radius 1 is 1.36 bits per heavy atom. The van der Waals surface area contributed by atoms with Gasteiger partial charge in [-0.25, -0.2) is 0 Å². The van der Waals surface area contributed by atoms with Gasteiger partial charge in [0, 0.05) is 6.54 Å². The largest absolute Gasteiger partial charge is 0.489 e. The molecule has 0 fully saturated rings. The molecule has 1 unspecified atom stereocenters. The van der Waals surface area contributed by atoms with Gasteiger partial charge in [-0.05, 0) is 32.0 Å². The van der Waals surface area contributed by atoms with Crippen LogP contribution in [0.2, 0.25) is 0 Å². The van der Waals surface area contributed by atoms with E-state index < -0.39 is 0 Å². The van der Waals surface area contributed by atoms with Gasteiger partial charge in [0.25, 0.3) is 0 Å². The van der Waals surface area contributed by atoms with Crippen molar-refractivity contribution in [2.75, 3.05) is 13.1 Å². The fraction of sp³-hybridized carbons (Fsp3) is 0.500. The fourth-order valence-electron chi connectivity index (χ4n) is 1.29. The van der Waals surface area contributed by atoms with Crippen LogP contribution in [-0.4, -0.2) is 19.2 Å². The number of hydrogen-bond acceptors (Lipinski definition) is 2. The Morgan fingerprint density at radius 3 is 2.71 bits per heavy atom. The van der Waals surface area contributed by atoms with Crippen LogP contribution in [0.4, 0.5) is 0 Å². The van der Waals surface area contributed by atoms with Crippen LogP contribution in [0.25, 0.3) is 0 Å². The molecule has 0 aromatic heterocycles. The van der Waals surface area contributed by atoms with Crippen molar-refractivity contribution in [1.82, 2.24) is 5.32 Å². The van der Waals surface area contributed by atoms with E-state index in [1.54, 1.807) is 0 Å². The van der Waals surface area contributed by atoms with E-state index in [-0.39, 0.29) is 6.10 Å². The van der Waals surface area contributed by atoms with Crippen molar-refractivity contribution in [1.29, 1.82) is 0 Å². The summed E-state index contributed by atoms with van der Waals surface area (Å²) < 4.78 is 5.78. The Morgan fingerprint density at radius 2 is 2.07 bits per heavy atom. The van der Waals surface area contributed by atoms with Crippen molar-refractivity contribution in [3.8, 4) is 5.75 Å². The Balaban J connectivity index is 2.47. The van der Waals surface area contributed by atoms with Crippen molar-refractivity contribution < 1.29 is 4.74 Å². The Hall–Kier alpha value is -1.02. The maximum Gasteiger partial charge on any atom is 0.122 e. The number of likely N-dealkylation sites (N-methyl/N-ethyl adjacent to an activating group) is 1. The zero-order valence-electron chi connectivity index (χ0n) is 9.21. The van der Waals surface area contributed by atoms with E-state index in [4.69, 9.17) is 4.74 Å². The van der Waals surface area contributed by atoms with E-state index >= 15 is 0 Å². The van der Waals surface area contributed by atoms with Crippen molar-refractivity contribution in [2.45, 2.75) is 26.9 Å². The van der Waals surface area contributed by atoms with Gasteiger partial charge in [0.05, 0.1) is 0 Å². The predicted octanol–water partition coefficient (Wildman–Crippen LogP) is 2.37. The van der Waals surface area contributed by atoms with Gasteiger partial charge >= 0.3 is 0 Å². The zero-order chi connectivity index (χ0) is 10.4. The Labute approximate surface area is 86.3 Å². The highest BCUT2D eigenvalue weighted by Crippen LogP contribution is 2.17. The zero-order valence-corrected chi connectivity index (χ0v) is 9.21. The highest BCUT2D eigenvalue weighted by Gasteiger charge is 2.04. The van der Waals surface area contributed by atoms with Gasteiger partial charge < -0.3 is 10.1 Å². The van der Waals surface area contributed by atoms with Gasteiger partial charge in [0.15, 0.2) is 0 Å². The summed E-state index contributed by atoms with van der Waals surface area (Å²) in [6.07, 6.45) is 0.219. The normalized spacial score (nSPS) is 12.5. The maximum absolute atomic E-state index is 5.78. The summed E-state index contributed by atoms with van der Waals surface area (Å²) in [7, 11) is 0. The molecule has 0 saturated carbocycles. The topological polar surface area (TPSA) is 21.3 Å². The first kappa shape index (κ1) is 11.1. The maximum atomic E-state index is 5.78. The van der Waals surface area contributed by atoms with Crippen molar-refractivity contribution in [2.24, 2.45) is 0 Å². The van der Waals surface area contributed by atoms with Gasteiger partial charge in [0.2, 0.25) is 0 Å². The molecule has 1 aromatic carbocycles. The van der Waals surface area contributed by atoms with Crippen LogP contribution >= 0.6 is 0 Å². The van der Waals surface area contributed by atoms with E-state index in [0.717, 1.165) is 18.8 Å². The molecule has 0 saturated heterocycles. The molecule has 1 aromatic rings. The van der Waals surface area contributed by atoms with E-state index in [1.165, 1.54) is 5.56 Å². The first-order chi connectivity index (χ1) is 6.74. The third kappa shape index (κ3) is 3.38. The van der Waals surface area contributed by atoms with Gasteiger partial charge in [-0.2, -0.15) is 0 Å². The molecule has 1 atom stereocenters. The molecule has 1 N–H and O–H groups in total. The van der Waals surface area contributed by atoms with E-state index in [1.807, 2.05) is 18.2 Å². The molecule has 0 bridgehead atoms. The first-order valence-electron chi connectivity index (χ1n) is 5.17. The summed E-state index contributed by atoms with van der Waals surface area (Å²) in [5.41, 5.74) is 1.19. The molecule has 0 heterocycles. The number of aryl methyl sites for hydroxylation is 1. The molecular formula is C12H19NO. The van der Waals surface area contributed by atoms with Crippen molar-refractivity contribution in [3.05, 3.63) is 29.8 Å². The lowest BCUT2D eigenvalue weighted by atomic mass is 10.2. The number of para-hydroxylation sites is 1. The molecule has 78 valence electrons. The van der Waals surface area contributed by atoms with Crippen LogP contribution in [0.15, 0.2) is 24.3 Å². The van der Waals surface area contributed by atoms with Crippen molar-refractivity contribution in [3.63, 3.8) is 0 Å². The van der Waals surface area contributed by atoms with Crippen LogP contribution in [0.3, 0.4) is 0 Å². The average molecular weight is 193 g/mol. The minimum Gasteiger partial charge on any atom is -0.489 e. The Kier molecular flexibility index (Phi) is 4.47. The number of hydrogen-bond donors (Lipinski definition) is 1. The van der Waals surface area contributed by atoms with E-state index in [2.05, 4.69) is 32.2 Å². The molecule has 0 aliphatic heterocycles. The minimum atomic E-state index is 0.219. The third-order valence-corrected chi connectivity index (χ3v) is 2.10. The molecule has 0 aliphatic carbocycles. The van der Waals surface area contributed by atoms with Gasteiger partial charge in [0.1, 0.15) is 11.9 Å². The van der Waals surface area contributed by atoms with Crippen LogP contribution < -0.4 is 10.1 Å². The monoisotopic (exact) mass is 193 g/mol. The number of nitrogens with one attached hydrogen (secondary N) is 1. The molecule has 0 spiro atoms. The minimum absolute atomic E-state index is 0.219. The van der Waals surface area contributed by atoms with Gasteiger partial charge in [-0.3, -0.25) is 0 Å². The summed E-state index contributed by atoms with van der Waals surface area (Å²) in [5, 5.41) is 3.26. The molecule has 2 nitrogen and oxygen atoms in total. The first-order valence-corrected chi connectivity index (χ1v) is 5.17. The number of ether oxygens (including phenoxy) is 1. The summed E-state index contributed by atoms with van der Waals surface area (Å²) >= 11 is 0. The lowest BCUT2D eigenvalue weighted by Gasteiger charge is -2.16. The summed E-state index contributed by atoms with van der Waals surface area (Å²) in [6, 6.07) is 8.10. The van der Waals surface area contributed by atoms with E-state index in [0.29, 0.717) is 0 Å². The number of rotatable bonds is 5. The van der Waals surface area contributed by atoms with Gasteiger partial charge in [-0.15, -0.1) is 0 Å². The molecule has 14 heavy (non-hydrogen) atoms. The molecule has 0 amide bonds. The molecular weight excluding hydrogens is 174 g/mol. The highest BCUT2D eigenvalue weighted by atomic mass is 16.5.